The molecule has 2 aliphatic rings. The van der Waals surface area contributed by atoms with Crippen LogP contribution in [0.25, 0.3) is 0 Å². The smallest absolute Gasteiger partial charge is 0.251 e. The van der Waals surface area contributed by atoms with Crippen molar-refractivity contribution in [2.45, 2.75) is 32.1 Å². The van der Waals surface area contributed by atoms with Gasteiger partial charge in [0.2, 0.25) is 5.91 Å². The fourth-order valence-corrected chi connectivity index (χ4v) is 4.51. The van der Waals surface area contributed by atoms with E-state index in [1.807, 2.05) is 24.3 Å². The topological polar surface area (TPSA) is 89.1 Å². The van der Waals surface area contributed by atoms with Crippen LogP contribution >= 0.6 is 24.0 Å². The Bertz CT molecular complexity index is 789. The average molecular weight is 571 g/mol. The maximum absolute atomic E-state index is 12.6. The number of aliphatic imine (C=N–C) groups is 1. The molecule has 0 atom stereocenters. The summed E-state index contributed by atoms with van der Waals surface area (Å²) in [5.74, 6) is 1.37. The summed E-state index contributed by atoms with van der Waals surface area (Å²) in [6.07, 6.45) is 5.38. The molecule has 1 aromatic carbocycles. The minimum atomic E-state index is -0.0685. The van der Waals surface area contributed by atoms with Crippen molar-refractivity contribution in [1.29, 1.82) is 0 Å². The van der Waals surface area contributed by atoms with Gasteiger partial charge in [-0.05, 0) is 37.0 Å². The predicted octanol–water partition coefficient (Wildman–Crippen LogP) is 1.71. The van der Waals surface area contributed by atoms with Gasteiger partial charge in [0.1, 0.15) is 0 Å². The first-order valence-corrected chi connectivity index (χ1v) is 11.9. The summed E-state index contributed by atoms with van der Waals surface area (Å²) in [7, 11) is 3.41. The van der Waals surface area contributed by atoms with Crippen LogP contribution in [0.1, 0.15) is 41.6 Å². The van der Waals surface area contributed by atoms with Gasteiger partial charge in [-0.15, -0.1) is 24.0 Å². The van der Waals surface area contributed by atoms with E-state index < -0.39 is 0 Å². The molecule has 2 fully saturated rings. The minimum Gasteiger partial charge on any atom is -0.356 e. The molecular formula is C24H39IN6O2. The second kappa shape index (κ2) is 14.4. The lowest BCUT2D eigenvalue weighted by Gasteiger charge is -2.36. The van der Waals surface area contributed by atoms with Crippen LogP contribution in [0, 0.1) is 5.92 Å². The third-order valence-electron chi connectivity index (χ3n) is 6.45. The lowest BCUT2D eigenvalue weighted by atomic mass is 10.1. The van der Waals surface area contributed by atoms with Gasteiger partial charge in [0.05, 0.1) is 0 Å². The zero-order valence-corrected chi connectivity index (χ0v) is 22.3. The number of piperazine rings is 1. The molecule has 1 aromatic rings. The van der Waals surface area contributed by atoms with E-state index in [0.717, 1.165) is 76.6 Å². The summed E-state index contributed by atoms with van der Waals surface area (Å²) in [5, 5.41) is 9.37. The summed E-state index contributed by atoms with van der Waals surface area (Å²) < 4.78 is 0. The molecule has 8 nitrogen and oxygen atoms in total. The number of carbonyl (C=O) groups excluding carboxylic acids is 2. The molecule has 2 amide bonds. The highest BCUT2D eigenvalue weighted by Gasteiger charge is 2.29. The number of hydrogen-bond acceptors (Lipinski definition) is 4. The molecule has 1 aliphatic carbocycles. The van der Waals surface area contributed by atoms with Crippen LogP contribution in [0.15, 0.2) is 29.3 Å². The Morgan fingerprint density at radius 1 is 1.06 bits per heavy atom. The van der Waals surface area contributed by atoms with Gasteiger partial charge in [-0.3, -0.25) is 19.5 Å². The van der Waals surface area contributed by atoms with E-state index in [2.05, 4.69) is 30.7 Å². The Kier molecular flexibility index (Phi) is 11.9. The molecule has 3 N–H and O–H groups in total. The molecule has 3 rings (SSSR count). The van der Waals surface area contributed by atoms with Crippen LogP contribution in [0.3, 0.4) is 0 Å². The van der Waals surface area contributed by atoms with Crippen molar-refractivity contribution in [3.63, 3.8) is 0 Å². The summed E-state index contributed by atoms with van der Waals surface area (Å²) in [5.41, 5.74) is 1.79. The van der Waals surface area contributed by atoms with E-state index in [0.29, 0.717) is 11.5 Å². The Labute approximate surface area is 215 Å². The van der Waals surface area contributed by atoms with Gasteiger partial charge >= 0.3 is 0 Å². The number of benzene rings is 1. The highest BCUT2D eigenvalue weighted by Crippen LogP contribution is 2.26. The van der Waals surface area contributed by atoms with Crippen LogP contribution < -0.4 is 16.0 Å². The molecule has 0 spiro atoms. The molecule has 184 valence electrons. The van der Waals surface area contributed by atoms with Gasteiger partial charge in [0.15, 0.2) is 5.96 Å². The number of halogens is 1. The first-order chi connectivity index (χ1) is 15.6. The van der Waals surface area contributed by atoms with Gasteiger partial charge in [-0.2, -0.15) is 0 Å². The van der Waals surface area contributed by atoms with E-state index in [1.165, 1.54) is 12.8 Å². The van der Waals surface area contributed by atoms with Gasteiger partial charge < -0.3 is 20.9 Å². The van der Waals surface area contributed by atoms with Crippen molar-refractivity contribution in [2.75, 3.05) is 59.9 Å². The van der Waals surface area contributed by atoms with Crippen molar-refractivity contribution in [3.8, 4) is 0 Å². The van der Waals surface area contributed by atoms with Gasteiger partial charge in [-0.25, -0.2) is 0 Å². The monoisotopic (exact) mass is 570 g/mol. The molecule has 0 aromatic heterocycles. The van der Waals surface area contributed by atoms with Crippen LogP contribution in [0.4, 0.5) is 0 Å². The molecule has 0 radical (unpaired) electrons. The van der Waals surface area contributed by atoms with E-state index in [4.69, 9.17) is 0 Å². The fraction of sp³-hybridized carbons (Fsp3) is 0.625. The lowest BCUT2D eigenvalue weighted by Crippen LogP contribution is -2.52. The lowest BCUT2D eigenvalue weighted by molar-refractivity contribution is -0.137. The molecular weight excluding hydrogens is 531 g/mol. The third-order valence-corrected chi connectivity index (χ3v) is 6.45. The largest absolute Gasteiger partial charge is 0.356 e. The van der Waals surface area contributed by atoms with E-state index in [9.17, 15) is 9.59 Å². The second-order valence-electron chi connectivity index (χ2n) is 8.60. The van der Waals surface area contributed by atoms with Crippen LogP contribution in [0.2, 0.25) is 0 Å². The van der Waals surface area contributed by atoms with E-state index in [1.54, 1.807) is 14.1 Å². The zero-order chi connectivity index (χ0) is 22.8. The maximum Gasteiger partial charge on any atom is 0.251 e. The number of nitrogens with one attached hydrogen (secondary N) is 3. The second-order valence-corrected chi connectivity index (χ2v) is 8.60. The van der Waals surface area contributed by atoms with Gasteiger partial charge in [0.25, 0.3) is 5.91 Å². The predicted molar refractivity (Wildman–Crippen MR) is 143 cm³/mol. The SMILES string of the molecule is CN=C(NCCc1cccc(C(=O)NC)c1)NCCN1CCN(C(=O)C2CCCC2)CC1.I. The highest BCUT2D eigenvalue weighted by atomic mass is 127. The number of guanidine groups is 1. The minimum absolute atomic E-state index is 0. The molecule has 9 heteroatoms. The van der Waals surface area contributed by atoms with Gasteiger partial charge in [0, 0.05) is 71.4 Å². The van der Waals surface area contributed by atoms with Crippen molar-refractivity contribution < 1.29 is 9.59 Å². The molecule has 33 heavy (non-hydrogen) atoms. The van der Waals surface area contributed by atoms with Crippen LogP contribution in [-0.4, -0.2) is 87.5 Å². The standard InChI is InChI=1S/C24H38N6O2.HI/c1-25-22(31)21-9-5-6-19(18-21)10-11-27-24(26-2)28-12-13-29-14-16-30(17-15-29)23(32)20-7-3-4-8-20;/h5-6,9,18,20H,3-4,7-8,10-17H2,1-2H3,(H,25,31)(H2,26,27,28);1H. The van der Waals surface area contributed by atoms with Gasteiger partial charge in [-0.1, -0.05) is 25.0 Å². The Balaban J connectivity index is 0.00000385. The van der Waals surface area contributed by atoms with E-state index in [-0.39, 0.29) is 35.8 Å². The molecule has 1 saturated heterocycles. The molecule has 1 saturated carbocycles. The number of rotatable bonds is 8. The fourth-order valence-electron chi connectivity index (χ4n) is 4.51. The number of hydrogen-bond donors (Lipinski definition) is 3. The summed E-state index contributed by atoms with van der Waals surface area (Å²) in [4.78, 5) is 33.1. The molecule has 0 bridgehead atoms. The molecule has 0 unspecified atom stereocenters. The summed E-state index contributed by atoms with van der Waals surface area (Å²) in [6, 6.07) is 7.68. The first kappa shape index (κ1) is 27.4. The van der Waals surface area contributed by atoms with Crippen molar-refractivity contribution in [2.24, 2.45) is 10.9 Å². The summed E-state index contributed by atoms with van der Waals surface area (Å²) in [6.45, 7) is 6.04. The maximum atomic E-state index is 12.6. The van der Waals surface area contributed by atoms with Crippen molar-refractivity contribution in [1.82, 2.24) is 25.8 Å². The average Bonchev–Trinajstić information content (AvgIpc) is 3.38. The number of amides is 2. The first-order valence-electron chi connectivity index (χ1n) is 11.9. The Morgan fingerprint density at radius 3 is 2.42 bits per heavy atom. The zero-order valence-electron chi connectivity index (χ0n) is 19.9. The molecule has 1 heterocycles. The summed E-state index contributed by atoms with van der Waals surface area (Å²) >= 11 is 0. The quantitative estimate of drug-likeness (QED) is 0.252. The van der Waals surface area contributed by atoms with E-state index >= 15 is 0 Å². The van der Waals surface area contributed by atoms with Crippen molar-refractivity contribution in [3.05, 3.63) is 35.4 Å². The van der Waals surface area contributed by atoms with Crippen molar-refractivity contribution >= 4 is 41.8 Å². The Hall–Kier alpha value is -1.88. The normalized spacial score (nSPS) is 17.4. The third kappa shape index (κ3) is 8.44. The number of carbonyl (C=O) groups is 2. The Morgan fingerprint density at radius 2 is 1.76 bits per heavy atom. The number of nitrogens with zero attached hydrogens (tertiary/aromatic N) is 3. The van der Waals surface area contributed by atoms with Crippen LogP contribution in [-0.2, 0) is 11.2 Å². The highest BCUT2D eigenvalue weighted by molar-refractivity contribution is 14.0. The molecule has 1 aliphatic heterocycles. The van der Waals surface area contributed by atoms with Crippen LogP contribution in [0.5, 0.6) is 0 Å².